The van der Waals surface area contributed by atoms with Crippen molar-refractivity contribution in [1.82, 2.24) is 10.4 Å². The molecule has 8 heavy (non-hydrogen) atoms. The molecule has 3 heteroatoms. The lowest BCUT2D eigenvalue weighted by atomic mass is 10.5. The Kier molecular flexibility index (Phi) is 1.30. The van der Waals surface area contributed by atoms with E-state index in [0.717, 1.165) is 12.2 Å². The fourth-order valence-electron chi connectivity index (χ4n) is 0.579. The molecule has 0 aromatic heterocycles. The SMILES string of the molecule is C=C1CN(C)NC=N1. The highest BCUT2D eigenvalue weighted by Gasteiger charge is 2.00. The van der Waals surface area contributed by atoms with Gasteiger partial charge < -0.3 is 5.43 Å². The number of hydrogen-bond donors (Lipinski definition) is 1. The molecular weight excluding hydrogens is 102 g/mol. The van der Waals surface area contributed by atoms with Gasteiger partial charge in [0.05, 0.1) is 12.2 Å². The molecule has 0 aliphatic carbocycles. The maximum Gasteiger partial charge on any atom is 0.103 e. The summed E-state index contributed by atoms with van der Waals surface area (Å²) < 4.78 is 0. The third-order valence-corrected chi connectivity index (χ3v) is 0.945. The van der Waals surface area contributed by atoms with Gasteiger partial charge in [-0.25, -0.2) is 10.0 Å². The van der Waals surface area contributed by atoms with Crippen LogP contribution in [0.5, 0.6) is 0 Å². The van der Waals surface area contributed by atoms with E-state index >= 15 is 0 Å². The van der Waals surface area contributed by atoms with Crippen LogP contribution < -0.4 is 5.43 Å². The average molecular weight is 111 g/mol. The van der Waals surface area contributed by atoms with Crippen molar-refractivity contribution in [2.24, 2.45) is 4.99 Å². The summed E-state index contributed by atoms with van der Waals surface area (Å²) in [5.74, 6) is 0. The first-order chi connectivity index (χ1) is 3.79. The maximum atomic E-state index is 3.91. The molecule has 0 aromatic carbocycles. The van der Waals surface area contributed by atoms with Crippen LogP contribution in [-0.2, 0) is 0 Å². The maximum absolute atomic E-state index is 3.91. The molecule has 0 unspecified atom stereocenters. The highest BCUT2D eigenvalue weighted by molar-refractivity contribution is 5.56. The Balaban J connectivity index is 2.54. The van der Waals surface area contributed by atoms with E-state index < -0.39 is 0 Å². The van der Waals surface area contributed by atoms with Gasteiger partial charge in [-0.2, -0.15) is 0 Å². The van der Waals surface area contributed by atoms with Gasteiger partial charge in [-0.15, -0.1) is 0 Å². The fraction of sp³-hybridized carbons (Fsp3) is 0.400. The quantitative estimate of drug-likeness (QED) is 0.475. The number of likely N-dealkylation sites (N-methyl/N-ethyl adjacent to an activating group) is 1. The Morgan fingerprint density at radius 2 is 2.75 bits per heavy atom. The summed E-state index contributed by atoms with van der Waals surface area (Å²) in [5.41, 5.74) is 3.79. The number of nitrogens with one attached hydrogen (secondary N) is 1. The van der Waals surface area contributed by atoms with Crippen LogP contribution in [0, 0.1) is 0 Å². The molecule has 0 fully saturated rings. The first-order valence-corrected chi connectivity index (χ1v) is 2.46. The Morgan fingerprint density at radius 1 is 2.00 bits per heavy atom. The van der Waals surface area contributed by atoms with E-state index in [1.807, 2.05) is 12.1 Å². The number of aliphatic imine (C=N–C) groups is 1. The van der Waals surface area contributed by atoms with Gasteiger partial charge in [-0.3, -0.25) is 0 Å². The Hall–Kier alpha value is -0.830. The second-order valence-electron chi connectivity index (χ2n) is 1.81. The number of rotatable bonds is 0. The van der Waals surface area contributed by atoms with Crippen molar-refractivity contribution in [2.45, 2.75) is 0 Å². The lowest BCUT2D eigenvalue weighted by Gasteiger charge is -2.19. The summed E-state index contributed by atoms with van der Waals surface area (Å²) in [6, 6.07) is 0. The van der Waals surface area contributed by atoms with Crippen LogP contribution in [0.3, 0.4) is 0 Å². The minimum absolute atomic E-state index is 0.802. The van der Waals surface area contributed by atoms with Crippen molar-refractivity contribution in [1.29, 1.82) is 0 Å². The molecule has 0 spiro atoms. The molecule has 0 saturated heterocycles. The molecule has 0 bridgehead atoms. The van der Waals surface area contributed by atoms with Crippen LogP contribution in [0.1, 0.15) is 0 Å². The second kappa shape index (κ2) is 1.96. The molecule has 0 aromatic rings. The molecule has 1 heterocycles. The van der Waals surface area contributed by atoms with E-state index in [0.29, 0.717) is 0 Å². The molecule has 0 atom stereocenters. The molecular formula is C5H9N3. The summed E-state index contributed by atoms with van der Waals surface area (Å²) in [4.78, 5) is 3.91. The van der Waals surface area contributed by atoms with Crippen molar-refractivity contribution in [3.63, 3.8) is 0 Å². The van der Waals surface area contributed by atoms with E-state index in [1.54, 1.807) is 6.34 Å². The normalized spacial score (nSPS) is 20.9. The number of hydrazine groups is 1. The van der Waals surface area contributed by atoms with E-state index in [9.17, 15) is 0 Å². The molecule has 0 amide bonds. The third-order valence-electron chi connectivity index (χ3n) is 0.945. The van der Waals surface area contributed by atoms with Gasteiger partial charge in [-0.05, 0) is 0 Å². The number of nitrogens with zero attached hydrogens (tertiary/aromatic N) is 2. The minimum Gasteiger partial charge on any atom is -0.309 e. The van der Waals surface area contributed by atoms with E-state index in [1.165, 1.54) is 0 Å². The second-order valence-corrected chi connectivity index (χ2v) is 1.81. The van der Waals surface area contributed by atoms with Gasteiger partial charge in [-0.1, -0.05) is 6.58 Å². The molecule has 0 radical (unpaired) electrons. The first-order valence-electron chi connectivity index (χ1n) is 2.46. The zero-order valence-electron chi connectivity index (χ0n) is 4.89. The van der Waals surface area contributed by atoms with Crippen LogP contribution >= 0.6 is 0 Å². The highest BCUT2D eigenvalue weighted by atomic mass is 15.5. The summed E-state index contributed by atoms with van der Waals surface area (Å²) in [6.07, 6.45) is 1.63. The summed E-state index contributed by atoms with van der Waals surface area (Å²) in [6.45, 7) is 4.49. The predicted octanol–water partition coefficient (Wildman–Crippen LogP) is -0.0216. The zero-order valence-corrected chi connectivity index (χ0v) is 4.89. The molecule has 0 saturated carbocycles. The molecule has 1 rings (SSSR count). The molecule has 44 valence electrons. The first kappa shape index (κ1) is 5.31. The van der Waals surface area contributed by atoms with Crippen LogP contribution in [0.4, 0.5) is 0 Å². The monoisotopic (exact) mass is 111 g/mol. The molecule has 1 aliphatic heterocycles. The van der Waals surface area contributed by atoms with Crippen LogP contribution in [0.2, 0.25) is 0 Å². The molecule has 1 N–H and O–H groups in total. The predicted molar refractivity (Wildman–Crippen MR) is 33.4 cm³/mol. The van der Waals surface area contributed by atoms with Gasteiger partial charge in [0.15, 0.2) is 0 Å². The van der Waals surface area contributed by atoms with E-state index in [2.05, 4.69) is 17.0 Å². The van der Waals surface area contributed by atoms with Crippen LogP contribution in [-0.4, -0.2) is 24.9 Å². The lowest BCUT2D eigenvalue weighted by molar-refractivity contribution is 0.313. The minimum atomic E-state index is 0.802. The van der Waals surface area contributed by atoms with Crippen molar-refractivity contribution >= 4 is 6.34 Å². The highest BCUT2D eigenvalue weighted by Crippen LogP contribution is 1.95. The summed E-state index contributed by atoms with van der Waals surface area (Å²) >= 11 is 0. The molecule has 3 nitrogen and oxygen atoms in total. The van der Waals surface area contributed by atoms with Gasteiger partial charge in [0, 0.05) is 7.05 Å². The van der Waals surface area contributed by atoms with E-state index in [4.69, 9.17) is 0 Å². The largest absolute Gasteiger partial charge is 0.309 e. The van der Waals surface area contributed by atoms with Crippen LogP contribution in [0.15, 0.2) is 17.3 Å². The third kappa shape index (κ3) is 1.07. The zero-order chi connectivity index (χ0) is 5.98. The van der Waals surface area contributed by atoms with E-state index in [-0.39, 0.29) is 0 Å². The van der Waals surface area contributed by atoms with Crippen molar-refractivity contribution in [3.8, 4) is 0 Å². The van der Waals surface area contributed by atoms with Gasteiger partial charge in [0.1, 0.15) is 6.34 Å². The van der Waals surface area contributed by atoms with Crippen molar-refractivity contribution < 1.29 is 0 Å². The van der Waals surface area contributed by atoms with Crippen molar-refractivity contribution in [2.75, 3.05) is 13.6 Å². The Bertz CT molecular complexity index is 128. The standard InChI is InChI=1S/C5H9N3/c1-5-3-8(2)7-4-6-5/h4H,1,3H2,2H3,(H,6,7). The summed E-state index contributed by atoms with van der Waals surface area (Å²) in [5, 5.41) is 1.91. The Labute approximate surface area is 48.7 Å². The topological polar surface area (TPSA) is 27.6 Å². The Morgan fingerprint density at radius 3 is 3.12 bits per heavy atom. The van der Waals surface area contributed by atoms with Crippen LogP contribution in [0.25, 0.3) is 0 Å². The van der Waals surface area contributed by atoms with Gasteiger partial charge in [0.25, 0.3) is 0 Å². The average Bonchev–Trinajstić information content (AvgIpc) is 1.64. The van der Waals surface area contributed by atoms with Gasteiger partial charge in [0.2, 0.25) is 0 Å². The lowest BCUT2D eigenvalue weighted by Crippen LogP contribution is -2.37. The smallest absolute Gasteiger partial charge is 0.103 e. The van der Waals surface area contributed by atoms with Crippen molar-refractivity contribution in [3.05, 3.63) is 12.3 Å². The fourth-order valence-corrected chi connectivity index (χ4v) is 0.579. The molecule has 1 aliphatic rings. The van der Waals surface area contributed by atoms with Gasteiger partial charge >= 0.3 is 0 Å². The summed E-state index contributed by atoms with van der Waals surface area (Å²) in [7, 11) is 1.94. The number of hydrogen-bond acceptors (Lipinski definition) is 3.